The highest BCUT2D eigenvalue weighted by Crippen LogP contribution is 2.38. The monoisotopic (exact) mass is 1990 g/mol. The van der Waals surface area contributed by atoms with Crippen molar-refractivity contribution in [2.24, 2.45) is 0 Å². The van der Waals surface area contributed by atoms with Crippen LogP contribution in [0, 0.1) is 11.6 Å². The zero-order chi connectivity index (χ0) is 96.2. The Balaban J connectivity index is 0.000000163. The maximum absolute atomic E-state index is 13.8. The van der Waals surface area contributed by atoms with Crippen molar-refractivity contribution < 1.29 is 43.6 Å². The lowest BCUT2D eigenvalue weighted by Gasteiger charge is -2.34. The number of fused-ring (bicyclic) bond motifs is 3. The van der Waals surface area contributed by atoms with Gasteiger partial charge in [0.05, 0.1) is 99.7 Å². The molecular formula is C105H104Cl8F2N14O7. The number of hydrogen-bond acceptors (Lipinski definition) is 18. The number of carbonyl (C=O) groups is 3. The molecule has 706 valence electrons. The van der Waals surface area contributed by atoms with Crippen LogP contribution in [0.3, 0.4) is 0 Å². The van der Waals surface area contributed by atoms with Gasteiger partial charge in [0, 0.05) is 175 Å². The van der Waals surface area contributed by atoms with E-state index >= 15 is 0 Å². The Morgan fingerprint density at radius 2 is 0.676 bits per heavy atom. The largest absolute Gasteiger partial charge is 0.395 e. The summed E-state index contributed by atoms with van der Waals surface area (Å²) in [6.07, 6.45) is 4.42. The normalized spacial score (nSPS) is 12.9. The molecule has 0 amide bonds. The van der Waals surface area contributed by atoms with E-state index in [1.54, 1.807) is 44.4 Å². The minimum Gasteiger partial charge on any atom is -0.395 e. The van der Waals surface area contributed by atoms with Crippen LogP contribution in [0.25, 0.3) is 67.3 Å². The number of halogens is 10. The summed E-state index contributed by atoms with van der Waals surface area (Å²) >= 11 is 50.1. The summed E-state index contributed by atoms with van der Waals surface area (Å²) in [7, 11) is 2.16. The summed E-state index contributed by atoms with van der Waals surface area (Å²) in [4.78, 5) is 64.8. The number of carbonyl (C=O) groups excluding carboxylic acids is 3. The lowest BCUT2D eigenvalue weighted by Crippen LogP contribution is -2.44. The molecule has 0 radical (unpaired) electrons. The number of anilines is 3. The van der Waals surface area contributed by atoms with Gasteiger partial charge in [-0.25, -0.2) is 23.7 Å². The van der Waals surface area contributed by atoms with Crippen molar-refractivity contribution in [3.8, 4) is 34.2 Å². The molecule has 0 aliphatic carbocycles. The van der Waals surface area contributed by atoms with Crippen LogP contribution >= 0.6 is 92.8 Å². The third-order valence-electron chi connectivity index (χ3n) is 23.8. The fraction of sp³-hybridized carbons (Fsp3) is 0.267. The lowest BCUT2D eigenvalue weighted by molar-refractivity contribution is -0.118. The van der Waals surface area contributed by atoms with Gasteiger partial charge in [0.15, 0.2) is 11.6 Å². The van der Waals surface area contributed by atoms with Crippen molar-refractivity contribution in [3.05, 3.63) is 345 Å². The van der Waals surface area contributed by atoms with E-state index in [1.807, 2.05) is 143 Å². The third-order valence-corrected chi connectivity index (χ3v) is 26.8. The van der Waals surface area contributed by atoms with Gasteiger partial charge in [0.1, 0.15) is 34.8 Å². The first-order valence-electron chi connectivity index (χ1n) is 44.6. The van der Waals surface area contributed by atoms with Gasteiger partial charge in [-0.05, 0) is 260 Å². The Labute approximate surface area is 829 Å². The van der Waals surface area contributed by atoms with E-state index in [2.05, 4.69) is 112 Å². The number of likely N-dealkylation sites (N-methyl/N-ethyl adjacent to an activating group) is 1. The molecule has 15 aromatic rings. The fourth-order valence-electron chi connectivity index (χ4n) is 16.8. The van der Waals surface area contributed by atoms with Crippen LogP contribution in [0.15, 0.2) is 243 Å². The number of piperazine rings is 1. The molecule has 0 bridgehead atoms. The second-order valence-corrected chi connectivity index (χ2v) is 37.0. The van der Waals surface area contributed by atoms with Gasteiger partial charge in [-0.3, -0.25) is 19.4 Å². The standard InChI is InChI=1S/C36H35Cl4N5O.C35H34Cl2F2N4O3.C34H35Cl2N5O3/c1-23(46)17-33(41-21-24-3-10-29(37)31(39)18-24)27-7-12-35-34(20-27)42-36(45(35)22-25-4-11-30(38)32(40)19-25)26-5-8-28(9-6-26)44-15-13-43(2)14-16-44;1-22(46)16-32(40-20-23-3-10-30(38)31(39)18-23)26-6-11-34-33(19-26)41-35(43(34)21-24-2-9-28(36)29(37)17-24)25-4-7-27(8-5-25)42(12-14-44)13-15-45;1-23(44)18-31(38-21-24-10-12-37-13-11-24)27-5-9-33-32(20-27)39-34(41(33)22-25-2-8-29(35)30(36)19-25)26-3-6-28(7-4-26)40(14-16-42)15-17-43/h3-12,18-20,33,41H,13-17,21-22H2,1-2H3;2-11,17-19,32,40,44-45H,12-16,20-21H2,1H3;2-13,19-20,31,38,42-43H,14-18,21-22H2,1H3. The third kappa shape index (κ3) is 26.4. The van der Waals surface area contributed by atoms with Crippen molar-refractivity contribution in [1.29, 1.82) is 0 Å². The molecule has 1 fully saturated rings. The summed E-state index contributed by atoms with van der Waals surface area (Å²) in [6.45, 7) is 13.3. The van der Waals surface area contributed by atoms with E-state index in [1.165, 1.54) is 18.7 Å². The Kier molecular flexibility index (Phi) is 35.7. The average molecular weight is 2000 g/mol. The molecule has 7 N–H and O–H groups in total. The van der Waals surface area contributed by atoms with Crippen molar-refractivity contribution in [3.63, 3.8) is 0 Å². The number of pyridine rings is 1. The summed E-state index contributed by atoms with van der Waals surface area (Å²) in [6, 6.07) is 71.9. The first kappa shape index (κ1) is 101. The van der Waals surface area contributed by atoms with Crippen molar-refractivity contribution in [2.75, 3.05) is 101 Å². The zero-order valence-electron chi connectivity index (χ0n) is 75.4. The van der Waals surface area contributed by atoms with E-state index in [0.29, 0.717) is 129 Å². The minimum absolute atomic E-state index is 0.00837. The molecule has 21 nitrogen and oxygen atoms in total. The minimum atomic E-state index is -0.925. The SMILES string of the molecule is CC(=O)CC(NCc1ccc(Cl)c(Cl)c1)c1ccc2c(c1)nc(-c1ccc(N3CCN(C)CC3)cc1)n2Cc1ccc(Cl)c(Cl)c1.CC(=O)CC(NCc1ccc(F)c(F)c1)c1ccc2c(c1)nc(-c1ccc(N(CCO)CCO)cc1)n2Cc1ccc(Cl)c(Cl)c1.CC(=O)CC(NCc1ccncc1)c1ccc2c(c1)nc(-c1ccc(N(CCO)CCO)cc1)n2Cc1ccc(Cl)c(Cl)c1. The molecule has 11 aromatic carbocycles. The number of aliphatic hydroxyl groups is 4. The molecule has 1 aliphatic rings. The Hall–Kier alpha value is -10.8. The summed E-state index contributed by atoms with van der Waals surface area (Å²) < 4.78 is 33.7. The average Bonchev–Trinajstić information content (AvgIpc) is 1.63. The van der Waals surface area contributed by atoms with Crippen LogP contribution in [-0.4, -0.2) is 162 Å². The zero-order valence-corrected chi connectivity index (χ0v) is 81.4. The number of nitrogens with zero attached hydrogens (tertiary/aromatic N) is 11. The number of Topliss-reactive ketones (excluding diaryl/α,β-unsaturated/α-hetero) is 3. The molecule has 0 saturated carbocycles. The summed E-state index contributed by atoms with van der Waals surface area (Å²) in [5, 5.41) is 52.2. The molecule has 16 rings (SSSR count). The number of aliphatic hydroxyl groups excluding tert-OH is 4. The van der Waals surface area contributed by atoms with Crippen molar-refractivity contribution in [1.82, 2.24) is 54.5 Å². The quantitative estimate of drug-likeness (QED) is 0.0190. The second-order valence-electron chi connectivity index (χ2n) is 33.7. The highest BCUT2D eigenvalue weighted by molar-refractivity contribution is 6.43. The van der Waals surface area contributed by atoms with Gasteiger partial charge in [-0.15, -0.1) is 0 Å². The van der Waals surface area contributed by atoms with E-state index in [0.717, 1.165) is 150 Å². The molecule has 4 aromatic heterocycles. The summed E-state index contributed by atoms with van der Waals surface area (Å²) in [5.41, 5.74) is 19.3. The fourth-order valence-corrected chi connectivity index (χ4v) is 18.0. The van der Waals surface area contributed by atoms with E-state index in [9.17, 15) is 43.6 Å². The maximum atomic E-state index is 13.8. The maximum Gasteiger partial charge on any atom is 0.159 e. The number of imidazole rings is 3. The number of ketones is 3. The molecule has 0 spiro atoms. The molecule has 3 atom stereocenters. The molecule has 1 saturated heterocycles. The van der Waals surface area contributed by atoms with Gasteiger partial charge in [-0.1, -0.05) is 141 Å². The number of nitrogens with one attached hydrogen (secondary N) is 3. The number of benzene rings is 11. The van der Waals surface area contributed by atoms with Crippen LogP contribution in [0.1, 0.15) is 108 Å². The van der Waals surface area contributed by atoms with Gasteiger partial charge in [0.25, 0.3) is 0 Å². The molecule has 1 aliphatic heterocycles. The summed E-state index contributed by atoms with van der Waals surface area (Å²) in [5.74, 6) is 0.672. The Bertz CT molecular complexity index is 6660. The van der Waals surface area contributed by atoms with Crippen LogP contribution in [-0.2, 0) is 53.7 Å². The van der Waals surface area contributed by atoms with Crippen LogP contribution in [0.5, 0.6) is 0 Å². The van der Waals surface area contributed by atoms with Crippen LogP contribution in [0.4, 0.5) is 25.8 Å². The smallest absolute Gasteiger partial charge is 0.159 e. The number of rotatable bonds is 38. The van der Waals surface area contributed by atoms with E-state index in [-0.39, 0.29) is 74.9 Å². The molecule has 5 heterocycles. The predicted octanol–water partition coefficient (Wildman–Crippen LogP) is 21.9. The molecular weight excluding hydrogens is 1890 g/mol. The van der Waals surface area contributed by atoms with Gasteiger partial charge < -0.3 is 69.7 Å². The highest BCUT2D eigenvalue weighted by atomic mass is 35.5. The predicted molar refractivity (Wildman–Crippen MR) is 546 cm³/mol. The van der Waals surface area contributed by atoms with Crippen LogP contribution in [0.2, 0.25) is 40.2 Å². The van der Waals surface area contributed by atoms with Crippen molar-refractivity contribution >= 4 is 160 Å². The van der Waals surface area contributed by atoms with Gasteiger partial charge >= 0.3 is 0 Å². The Morgan fingerprint density at radius 3 is 1.01 bits per heavy atom. The molecule has 31 heteroatoms. The number of aromatic nitrogens is 7. The van der Waals surface area contributed by atoms with E-state index in [4.69, 9.17) is 108 Å². The highest BCUT2D eigenvalue weighted by Gasteiger charge is 2.26. The first-order valence-corrected chi connectivity index (χ1v) is 47.6. The lowest BCUT2D eigenvalue weighted by atomic mass is 10.0. The number of hydrogen-bond donors (Lipinski definition) is 7. The van der Waals surface area contributed by atoms with Crippen molar-refractivity contribution in [2.45, 2.75) is 97.4 Å². The van der Waals surface area contributed by atoms with Gasteiger partial charge in [0.2, 0.25) is 0 Å². The van der Waals surface area contributed by atoms with Crippen LogP contribution < -0.4 is 30.7 Å². The topological polar surface area (TPSA) is 248 Å². The Morgan fingerprint density at radius 1 is 0.360 bits per heavy atom. The second kappa shape index (κ2) is 48.0. The molecule has 136 heavy (non-hydrogen) atoms. The van der Waals surface area contributed by atoms with Gasteiger partial charge in [-0.2, -0.15) is 0 Å². The van der Waals surface area contributed by atoms with E-state index < -0.39 is 11.6 Å². The molecule has 3 unspecified atom stereocenters. The first-order chi connectivity index (χ1) is 65.7.